The number of benzene rings is 1. The zero-order chi connectivity index (χ0) is 13.3. The highest BCUT2D eigenvalue weighted by atomic mass is 19.1. The van der Waals surface area contributed by atoms with Gasteiger partial charge in [0.2, 0.25) is 0 Å². The van der Waals surface area contributed by atoms with Crippen molar-refractivity contribution in [3.63, 3.8) is 0 Å². The summed E-state index contributed by atoms with van der Waals surface area (Å²) < 4.78 is 15.5. The lowest BCUT2D eigenvalue weighted by atomic mass is 10.0. The second kappa shape index (κ2) is 4.61. The minimum atomic E-state index is -0.305. The van der Waals surface area contributed by atoms with Crippen LogP contribution in [0.5, 0.6) is 0 Å². The number of nitrogens with zero attached hydrogens (tertiary/aromatic N) is 3. The molecular formula is C14H14FN3. The van der Waals surface area contributed by atoms with Crippen molar-refractivity contribution in [3.8, 4) is 17.3 Å². The molecule has 0 amide bonds. The highest BCUT2D eigenvalue weighted by Gasteiger charge is 2.14. The van der Waals surface area contributed by atoms with Gasteiger partial charge in [0.15, 0.2) is 0 Å². The molecule has 0 saturated heterocycles. The van der Waals surface area contributed by atoms with E-state index in [1.54, 1.807) is 29.9 Å². The van der Waals surface area contributed by atoms with Crippen LogP contribution in [0.4, 0.5) is 4.39 Å². The Kier molecular flexibility index (Phi) is 3.15. The highest BCUT2D eigenvalue weighted by Crippen LogP contribution is 2.27. The summed E-state index contributed by atoms with van der Waals surface area (Å²) in [4.78, 5) is 0. The lowest BCUT2D eigenvalue weighted by molar-refractivity contribution is 0.538. The molecule has 1 aromatic heterocycles. The molecule has 0 bridgehead atoms. The summed E-state index contributed by atoms with van der Waals surface area (Å²) in [6, 6.07) is 7.04. The van der Waals surface area contributed by atoms with Crippen molar-refractivity contribution in [2.24, 2.45) is 0 Å². The molecule has 0 atom stereocenters. The fraction of sp³-hybridized carbons (Fsp3) is 0.286. The monoisotopic (exact) mass is 243 g/mol. The summed E-state index contributed by atoms with van der Waals surface area (Å²) in [6.45, 7) is 5.64. The lowest BCUT2D eigenvalue weighted by Gasteiger charge is -2.12. The molecule has 0 N–H and O–H groups in total. The Bertz CT molecular complexity index is 620. The number of hydrogen-bond donors (Lipinski definition) is 0. The van der Waals surface area contributed by atoms with E-state index in [-0.39, 0.29) is 11.9 Å². The fourth-order valence-corrected chi connectivity index (χ4v) is 1.92. The molecule has 0 unspecified atom stereocenters. The number of aromatic nitrogens is 2. The average molecular weight is 243 g/mol. The van der Waals surface area contributed by atoms with Crippen LogP contribution in [-0.2, 0) is 0 Å². The van der Waals surface area contributed by atoms with Crippen molar-refractivity contribution in [2.75, 3.05) is 0 Å². The van der Waals surface area contributed by atoms with E-state index in [0.717, 1.165) is 5.69 Å². The van der Waals surface area contributed by atoms with Gasteiger partial charge in [-0.2, -0.15) is 10.4 Å². The predicted molar refractivity (Wildman–Crippen MR) is 67.5 cm³/mol. The maximum absolute atomic E-state index is 13.7. The molecule has 0 aliphatic rings. The molecular weight excluding hydrogens is 229 g/mol. The van der Waals surface area contributed by atoms with Crippen LogP contribution < -0.4 is 0 Å². The first-order valence-corrected chi connectivity index (χ1v) is 5.78. The van der Waals surface area contributed by atoms with Gasteiger partial charge in [0.25, 0.3) is 0 Å². The topological polar surface area (TPSA) is 41.6 Å². The van der Waals surface area contributed by atoms with E-state index < -0.39 is 0 Å². The van der Waals surface area contributed by atoms with E-state index in [4.69, 9.17) is 5.26 Å². The number of halogens is 1. The smallest absolute Gasteiger partial charge is 0.126 e. The third-order valence-electron chi connectivity index (χ3n) is 2.85. The van der Waals surface area contributed by atoms with Crippen LogP contribution in [0.25, 0.3) is 11.3 Å². The summed E-state index contributed by atoms with van der Waals surface area (Å²) >= 11 is 0. The summed E-state index contributed by atoms with van der Waals surface area (Å²) in [5.41, 5.74) is 2.30. The van der Waals surface area contributed by atoms with Gasteiger partial charge in [-0.25, -0.2) is 4.39 Å². The van der Waals surface area contributed by atoms with Crippen molar-refractivity contribution in [1.82, 2.24) is 9.78 Å². The predicted octanol–water partition coefficient (Wildman–Crippen LogP) is 3.45. The molecule has 0 aliphatic heterocycles. The molecule has 18 heavy (non-hydrogen) atoms. The van der Waals surface area contributed by atoms with Crippen LogP contribution in [0.15, 0.2) is 24.4 Å². The zero-order valence-corrected chi connectivity index (χ0v) is 10.6. The van der Waals surface area contributed by atoms with Crippen molar-refractivity contribution in [2.45, 2.75) is 26.8 Å². The van der Waals surface area contributed by atoms with E-state index in [9.17, 15) is 4.39 Å². The Morgan fingerprint density at radius 2 is 2.11 bits per heavy atom. The Labute approximate surface area is 105 Å². The van der Waals surface area contributed by atoms with Gasteiger partial charge in [0.05, 0.1) is 17.3 Å². The van der Waals surface area contributed by atoms with Crippen molar-refractivity contribution < 1.29 is 4.39 Å². The first kappa shape index (κ1) is 12.3. The number of rotatable bonds is 2. The van der Waals surface area contributed by atoms with Crippen molar-refractivity contribution in [1.29, 1.82) is 5.26 Å². The second-order valence-electron chi connectivity index (χ2n) is 4.51. The molecule has 1 aromatic carbocycles. The van der Waals surface area contributed by atoms with Gasteiger partial charge in [0.1, 0.15) is 5.82 Å². The first-order valence-electron chi connectivity index (χ1n) is 5.78. The maximum Gasteiger partial charge on any atom is 0.126 e. The molecule has 2 aromatic rings. The Morgan fingerprint density at radius 1 is 1.39 bits per heavy atom. The van der Waals surface area contributed by atoms with Crippen LogP contribution in [-0.4, -0.2) is 9.78 Å². The average Bonchev–Trinajstić information content (AvgIpc) is 2.81. The fourth-order valence-electron chi connectivity index (χ4n) is 1.92. The molecule has 2 rings (SSSR count). The molecule has 4 heteroatoms. The number of hydrogen-bond acceptors (Lipinski definition) is 2. The van der Waals surface area contributed by atoms with Gasteiger partial charge in [-0.3, -0.25) is 4.68 Å². The largest absolute Gasteiger partial charge is 0.262 e. The summed E-state index contributed by atoms with van der Waals surface area (Å²) in [5, 5.41) is 13.4. The normalized spacial score (nSPS) is 10.7. The van der Waals surface area contributed by atoms with Gasteiger partial charge in [-0.15, -0.1) is 0 Å². The molecule has 92 valence electrons. The standard InChI is InChI=1S/C14H14FN3/c1-9(2)18-14(4-5-17-18)12-7-13(15)10(3)6-11(12)8-16/h4-7,9H,1-3H3. The van der Waals surface area contributed by atoms with Crippen LogP contribution in [0.2, 0.25) is 0 Å². The van der Waals surface area contributed by atoms with Gasteiger partial charge in [-0.1, -0.05) is 0 Å². The minimum absolute atomic E-state index is 0.158. The number of aryl methyl sites for hydroxylation is 1. The molecule has 1 heterocycles. The van der Waals surface area contributed by atoms with E-state index in [1.165, 1.54) is 6.07 Å². The highest BCUT2D eigenvalue weighted by molar-refractivity contribution is 5.68. The molecule has 0 fully saturated rings. The van der Waals surface area contributed by atoms with Crippen LogP contribution >= 0.6 is 0 Å². The van der Waals surface area contributed by atoms with Crippen LogP contribution in [0.1, 0.15) is 31.0 Å². The van der Waals surface area contributed by atoms with Crippen LogP contribution in [0.3, 0.4) is 0 Å². The molecule has 0 aliphatic carbocycles. The zero-order valence-electron chi connectivity index (χ0n) is 10.6. The van der Waals surface area contributed by atoms with E-state index in [1.807, 2.05) is 13.8 Å². The van der Waals surface area contributed by atoms with Gasteiger partial charge in [0, 0.05) is 17.8 Å². The second-order valence-corrected chi connectivity index (χ2v) is 4.51. The molecule has 0 radical (unpaired) electrons. The Morgan fingerprint density at radius 3 is 2.72 bits per heavy atom. The summed E-state index contributed by atoms with van der Waals surface area (Å²) in [6.07, 6.45) is 1.66. The minimum Gasteiger partial charge on any atom is -0.262 e. The van der Waals surface area contributed by atoms with Gasteiger partial charge >= 0.3 is 0 Å². The number of nitriles is 1. The van der Waals surface area contributed by atoms with Crippen LogP contribution in [0, 0.1) is 24.1 Å². The Hall–Kier alpha value is -2.15. The molecule has 0 spiro atoms. The Balaban J connectivity index is 2.67. The quantitative estimate of drug-likeness (QED) is 0.810. The SMILES string of the molecule is Cc1cc(C#N)c(-c2ccnn2C(C)C)cc1F. The van der Waals surface area contributed by atoms with E-state index in [2.05, 4.69) is 11.2 Å². The third-order valence-corrected chi connectivity index (χ3v) is 2.85. The third kappa shape index (κ3) is 2.00. The maximum atomic E-state index is 13.7. The van der Waals surface area contributed by atoms with Gasteiger partial charge < -0.3 is 0 Å². The van der Waals surface area contributed by atoms with E-state index in [0.29, 0.717) is 16.7 Å². The van der Waals surface area contributed by atoms with Crippen molar-refractivity contribution in [3.05, 3.63) is 41.3 Å². The summed E-state index contributed by atoms with van der Waals surface area (Å²) in [5.74, 6) is -0.305. The van der Waals surface area contributed by atoms with Gasteiger partial charge in [-0.05, 0) is 44.5 Å². The summed E-state index contributed by atoms with van der Waals surface area (Å²) in [7, 11) is 0. The van der Waals surface area contributed by atoms with E-state index >= 15 is 0 Å². The van der Waals surface area contributed by atoms with Crippen molar-refractivity contribution >= 4 is 0 Å². The molecule has 3 nitrogen and oxygen atoms in total. The molecule has 0 saturated carbocycles. The first-order chi connectivity index (χ1) is 8.54. The lowest BCUT2D eigenvalue weighted by Crippen LogP contribution is -2.05.